The minimum Gasteiger partial charge on any atom is -0.481 e. The fraction of sp³-hybridized carbons (Fsp3) is 0.474. The number of carbonyl (C=O) groups excluding carboxylic acids is 3. The highest BCUT2D eigenvalue weighted by atomic mass is 16.7. The van der Waals surface area contributed by atoms with Gasteiger partial charge >= 0.3 is 12.1 Å². The number of ketones is 1. The molecule has 1 fully saturated rings. The molecular formula is C19H26N2O7. The van der Waals surface area contributed by atoms with Crippen LogP contribution in [0.3, 0.4) is 0 Å². The summed E-state index contributed by atoms with van der Waals surface area (Å²) in [6.45, 7) is 6.86. The van der Waals surface area contributed by atoms with Gasteiger partial charge in [-0.15, -0.1) is 0 Å². The first kappa shape index (κ1) is 23.1. The number of rotatable bonds is 11. The second-order valence-electron chi connectivity index (χ2n) is 6.22. The Morgan fingerprint density at radius 2 is 2.11 bits per heavy atom. The molecule has 2 atom stereocenters. The van der Waals surface area contributed by atoms with Gasteiger partial charge in [0.25, 0.3) is 0 Å². The number of alkyl carbamates (subject to hydrolysis) is 1. The highest BCUT2D eigenvalue weighted by molar-refractivity contribution is 5.91. The topological polar surface area (TPSA) is 122 Å². The van der Waals surface area contributed by atoms with E-state index in [-0.39, 0.29) is 18.4 Å². The average Bonchev–Trinajstić information content (AvgIpc) is 2.95. The maximum Gasteiger partial charge on any atom is 0.408 e. The van der Waals surface area contributed by atoms with Crippen molar-refractivity contribution in [2.45, 2.75) is 32.7 Å². The number of nitrogens with zero attached hydrogens (tertiary/aromatic N) is 1. The summed E-state index contributed by atoms with van der Waals surface area (Å²) in [7, 11) is 0. The Morgan fingerprint density at radius 1 is 1.39 bits per heavy atom. The monoisotopic (exact) mass is 394 g/mol. The van der Waals surface area contributed by atoms with Crippen molar-refractivity contribution >= 4 is 23.8 Å². The number of nitrogens with one attached hydrogen (secondary N) is 1. The third kappa shape index (κ3) is 7.75. The second-order valence-corrected chi connectivity index (χ2v) is 6.22. The van der Waals surface area contributed by atoms with Gasteiger partial charge in [-0.25, -0.2) is 9.86 Å². The normalized spacial score (nSPS) is 18.2. The molecule has 0 bridgehead atoms. The van der Waals surface area contributed by atoms with E-state index in [2.05, 4.69) is 11.9 Å². The van der Waals surface area contributed by atoms with E-state index in [1.165, 1.54) is 6.08 Å². The van der Waals surface area contributed by atoms with Gasteiger partial charge in [0.2, 0.25) is 5.91 Å². The van der Waals surface area contributed by atoms with E-state index in [0.29, 0.717) is 18.5 Å². The van der Waals surface area contributed by atoms with Crippen LogP contribution in [0.1, 0.15) is 26.7 Å². The third-order valence-electron chi connectivity index (χ3n) is 3.94. The van der Waals surface area contributed by atoms with Gasteiger partial charge in [-0.05, 0) is 18.9 Å². The quantitative estimate of drug-likeness (QED) is 0.511. The molecule has 0 aromatic carbocycles. The Balaban J connectivity index is 2.61. The summed E-state index contributed by atoms with van der Waals surface area (Å²) >= 11 is 0. The van der Waals surface area contributed by atoms with E-state index < -0.39 is 36.9 Å². The van der Waals surface area contributed by atoms with Crippen LogP contribution in [0.4, 0.5) is 4.79 Å². The van der Waals surface area contributed by atoms with Crippen LogP contribution < -0.4 is 5.32 Å². The molecule has 154 valence electrons. The van der Waals surface area contributed by atoms with Gasteiger partial charge in [0, 0.05) is 12.5 Å². The van der Waals surface area contributed by atoms with Gasteiger partial charge in [-0.2, -0.15) is 0 Å². The van der Waals surface area contributed by atoms with Crippen molar-refractivity contribution in [3.05, 3.63) is 36.5 Å². The predicted octanol–water partition coefficient (Wildman–Crippen LogP) is 1.61. The maximum absolute atomic E-state index is 12.3. The molecule has 0 aromatic rings. The smallest absolute Gasteiger partial charge is 0.408 e. The molecule has 1 aliphatic rings. The zero-order valence-electron chi connectivity index (χ0n) is 16.1. The zero-order valence-corrected chi connectivity index (χ0v) is 16.1. The number of allylic oxidation sites excluding steroid dienone is 3. The van der Waals surface area contributed by atoms with Crippen molar-refractivity contribution < 1.29 is 33.9 Å². The van der Waals surface area contributed by atoms with Crippen LogP contribution in [0, 0.1) is 5.92 Å². The summed E-state index contributed by atoms with van der Waals surface area (Å²) in [5.41, 5.74) is 0.666. The molecule has 9 heteroatoms. The molecule has 0 aliphatic carbocycles. The number of aliphatic carboxylic acids is 1. The van der Waals surface area contributed by atoms with Gasteiger partial charge in [-0.3, -0.25) is 19.2 Å². The third-order valence-corrected chi connectivity index (χ3v) is 3.94. The number of carboxylic acids is 1. The van der Waals surface area contributed by atoms with Gasteiger partial charge in [0.1, 0.15) is 19.3 Å². The number of hydrogen-bond donors (Lipinski definition) is 2. The molecule has 9 nitrogen and oxygen atoms in total. The van der Waals surface area contributed by atoms with Crippen molar-refractivity contribution in [3.63, 3.8) is 0 Å². The summed E-state index contributed by atoms with van der Waals surface area (Å²) in [6.07, 6.45) is 5.70. The van der Waals surface area contributed by atoms with E-state index in [4.69, 9.17) is 14.7 Å². The molecule has 1 saturated heterocycles. The Hall–Kier alpha value is -2.94. The lowest BCUT2D eigenvalue weighted by Crippen LogP contribution is -2.45. The van der Waals surface area contributed by atoms with Gasteiger partial charge < -0.3 is 15.2 Å². The number of amides is 2. The molecule has 2 unspecified atom stereocenters. The van der Waals surface area contributed by atoms with Crippen molar-refractivity contribution in [2.75, 3.05) is 19.8 Å². The van der Waals surface area contributed by atoms with Crippen LogP contribution in [-0.4, -0.2) is 59.7 Å². The summed E-state index contributed by atoms with van der Waals surface area (Å²) < 4.78 is 5.01. The van der Waals surface area contributed by atoms with E-state index in [1.54, 1.807) is 32.1 Å². The lowest BCUT2D eigenvalue weighted by atomic mass is 10.1. The maximum atomic E-state index is 12.3. The molecule has 1 heterocycles. The predicted molar refractivity (Wildman–Crippen MR) is 100 cm³/mol. The minimum atomic E-state index is -1.34. The highest BCUT2D eigenvalue weighted by Crippen LogP contribution is 2.17. The average molecular weight is 394 g/mol. The molecule has 0 aromatic heterocycles. The number of hydroxylamine groups is 2. The molecule has 0 saturated carbocycles. The first-order chi connectivity index (χ1) is 13.3. The zero-order chi connectivity index (χ0) is 21.1. The summed E-state index contributed by atoms with van der Waals surface area (Å²) in [5, 5.41) is 12.3. The van der Waals surface area contributed by atoms with Crippen molar-refractivity contribution in [1.82, 2.24) is 10.4 Å². The van der Waals surface area contributed by atoms with E-state index >= 15 is 0 Å². The first-order valence-electron chi connectivity index (χ1n) is 8.84. The van der Waals surface area contributed by atoms with Crippen LogP contribution in [-0.2, 0) is 24.0 Å². The van der Waals surface area contributed by atoms with Gasteiger partial charge in [0.05, 0.1) is 6.42 Å². The molecule has 2 amide bonds. The molecule has 28 heavy (non-hydrogen) atoms. The summed E-state index contributed by atoms with van der Waals surface area (Å²) in [6, 6.07) is -1.34. The lowest BCUT2D eigenvalue weighted by Gasteiger charge is -2.19. The van der Waals surface area contributed by atoms with Crippen molar-refractivity contribution in [2.24, 2.45) is 5.92 Å². The van der Waals surface area contributed by atoms with E-state index in [1.807, 2.05) is 0 Å². The highest BCUT2D eigenvalue weighted by Gasteiger charge is 2.31. The second kappa shape index (κ2) is 11.7. The lowest BCUT2D eigenvalue weighted by molar-refractivity contribution is -0.182. The molecule has 1 aliphatic heterocycles. The van der Waals surface area contributed by atoms with E-state index in [0.717, 1.165) is 5.06 Å². The van der Waals surface area contributed by atoms with E-state index in [9.17, 15) is 19.2 Å². The number of carbonyl (C=O) groups is 4. The molecular weight excluding hydrogens is 368 g/mol. The number of ether oxygens (including phenoxy) is 1. The largest absolute Gasteiger partial charge is 0.481 e. The first-order valence-corrected chi connectivity index (χ1v) is 8.84. The number of hydrogen-bond acceptors (Lipinski definition) is 6. The Kier molecular flexibility index (Phi) is 9.66. The van der Waals surface area contributed by atoms with Crippen molar-refractivity contribution in [1.29, 1.82) is 0 Å². The Labute approximate surface area is 163 Å². The number of carboxylic acid groups (broad SMARTS) is 1. The van der Waals surface area contributed by atoms with Crippen LogP contribution in [0.5, 0.6) is 0 Å². The summed E-state index contributed by atoms with van der Waals surface area (Å²) in [5.74, 6) is -2.37. The fourth-order valence-corrected chi connectivity index (χ4v) is 2.43. The Bertz CT molecular complexity index is 669. The van der Waals surface area contributed by atoms with Crippen LogP contribution in [0.2, 0.25) is 0 Å². The van der Waals surface area contributed by atoms with Crippen LogP contribution >= 0.6 is 0 Å². The SMILES string of the molecule is C=CC=C(C=CC)COC(=O)NC(CC(=O)O)C(=O)CON1CCC(C)C1=O. The van der Waals surface area contributed by atoms with Crippen molar-refractivity contribution in [3.8, 4) is 0 Å². The van der Waals surface area contributed by atoms with Gasteiger partial charge in [0.15, 0.2) is 5.78 Å². The fourth-order valence-electron chi connectivity index (χ4n) is 2.43. The van der Waals surface area contributed by atoms with Gasteiger partial charge in [-0.1, -0.05) is 37.8 Å². The Morgan fingerprint density at radius 3 is 2.64 bits per heavy atom. The molecule has 2 N–H and O–H groups in total. The minimum absolute atomic E-state index is 0.0765. The number of Topliss-reactive ketones (excluding diaryl/α,β-unsaturated/α-hetero) is 1. The van der Waals surface area contributed by atoms with Crippen LogP contribution in [0.25, 0.3) is 0 Å². The summed E-state index contributed by atoms with van der Waals surface area (Å²) in [4.78, 5) is 52.2. The molecule has 1 rings (SSSR count). The van der Waals surface area contributed by atoms with Crippen LogP contribution in [0.15, 0.2) is 36.5 Å². The standard InChI is InChI=1S/C19H26N2O7/c1-4-6-14(7-5-2)11-27-19(26)20-15(10-17(23)24)16(22)12-28-21-9-8-13(3)18(21)25/h4-7,13,15H,1,8-12H2,2-3H3,(H,20,26)(H,23,24). The molecule has 0 spiro atoms. The molecule has 0 radical (unpaired) electrons.